The van der Waals surface area contributed by atoms with Crippen LogP contribution in [-0.4, -0.2) is 48.2 Å². The molecule has 286 valence electrons. The highest BCUT2D eigenvalue weighted by Crippen LogP contribution is 2.40. The molecule has 0 saturated carbocycles. The lowest BCUT2D eigenvalue weighted by molar-refractivity contribution is -0.137. The Balaban J connectivity index is 1.39. The molecule has 0 saturated heterocycles. The predicted molar refractivity (Wildman–Crippen MR) is 199 cm³/mol. The van der Waals surface area contributed by atoms with Gasteiger partial charge in [0.2, 0.25) is 5.13 Å². The monoisotopic (exact) mass is 802 g/mol. The molecular weight excluding hydrogens is 774 g/mol. The summed E-state index contributed by atoms with van der Waals surface area (Å²) >= 11 is 0.851. The molecule has 2 aromatic heterocycles. The molecule has 0 radical (unpaired) electrons. The molecule has 6 rings (SSSR count). The number of nitriles is 1. The zero-order valence-corrected chi connectivity index (χ0v) is 30.9. The van der Waals surface area contributed by atoms with Crippen molar-refractivity contribution in [2.75, 3.05) is 18.5 Å². The van der Waals surface area contributed by atoms with Crippen molar-refractivity contribution in [3.63, 3.8) is 0 Å². The molecule has 0 unspecified atom stereocenters. The molecule has 0 aliphatic carbocycles. The topological polar surface area (TPSA) is 177 Å². The Bertz CT molecular complexity index is 2550. The molecule has 0 aliphatic rings. The van der Waals surface area contributed by atoms with Crippen molar-refractivity contribution in [1.82, 2.24) is 19.7 Å². The van der Waals surface area contributed by atoms with Crippen molar-refractivity contribution >= 4 is 32.8 Å². The van der Waals surface area contributed by atoms with E-state index in [2.05, 4.69) is 19.7 Å². The van der Waals surface area contributed by atoms with Crippen molar-refractivity contribution in [2.45, 2.75) is 24.2 Å². The summed E-state index contributed by atoms with van der Waals surface area (Å²) in [6.07, 6.45) is -3.20. The van der Waals surface area contributed by atoms with E-state index in [9.17, 15) is 31.6 Å². The highest BCUT2D eigenvalue weighted by atomic mass is 32.2. The number of ether oxygens (including phenoxy) is 3. The average Bonchev–Trinajstić information content (AvgIpc) is 3.74. The van der Waals surface area contributed by atoms with Gasteiger partial charge in [0.15, 0.2) is 0 Å². The number of rotatable bonds is 13. The van der Waals surface area contributed by atoms with Crippen LogP contribution >= 0.6 is 11.5 Å². The SMILES string of the molecule is COc1ccc(CN(c2ncns2)S(=O)(=O)c2ccc(Oc3ccc(-c4cccc(C(F)(F)F)c4)cc3-c3ccnc(CNC(=O)O)c3)c(C#N)c2)c(OC)c1. The molecule has 0 fully saturated rings. The number of nitrogens with one attached hydrogen (secondary N) is 1. The highest BCUT2D eigenvalue weighted by molar-refractivity contribution is 7.93. The summed E-state index contributed by atoms with van der Waals surface area (Å²) in [6.45, 7) is -0.344. The molecule has 2 heterocycles. The normalized spacial score (nSPS) is 11.4. The third kappa shape index (κ3) is 8.64. The number of nitrogens with zero attached hydrogens (tertiary/aromatic N) is 5. The van der Waals surface area contributed by atoms with E-state index in [1.165, 1.54) is 57.1 Å². The van der Waals surface area contributed by atoms with Gasteiger partial charge in [-0.2, -0.15) is 22.8 Å². The minimum atomic E-state index is -4.58. The number of aromatic nitrogens is 3. The lowest BCUT2D eigenvalue weighted by Gasteiger charge is -2.23. The molecule has 0 atom stereocenters. The number of amides is 1. The number of methoxy groups -OCH3 is 2. The number of carboxylic acid groups (broad SMARTS) is 1. The molecule has 0 bridgehead atoms. The van der Waals surface area contributed by atoms with Gasteiger partial charge in [-0.05, 0) is 83.4 Å². The van der Waals surface area contributed by atoms with E-state index in [1.807, 2.05) is 6.07 Å². The Morgan fingerprint density at radius 1 is 0.911 bits per heavy atom. The summed E-state index contributed by atoms with van der Waals surface area (Å²) in [7, 11) is -1.46. The van der Waals surface area contributed by atoms with Crippen LogP contribution in [0.2, 0.25) is 0 Å². The van der Waals surface area contributed by atoms with E-state index in [0.29, 0.717) is 39.4 Å². The minimum Gasteiger partial charge on any atom is -0.497 e. The van der Waals surface area contributed by atoms with Crippen LogP contribution in [0.15, 0.2) is 108 Å². The Morgan fingerprint density at radius 3 is 2.39 bits per heavy atom. The summed E-state index contributed by atoms with van der Waals surface area (Å²) in [4.78, 5) is 19.2. The molecule has 0 spiro atoms. The second-order valence-corrected chi connectivity index (χ2v) is 14.4. The summed E-state index contributed by atoms with van der Waals surface area (Å²) in [5, 5.41) is 21.6. The van der Waals surface area contributed by atoms with Gasteiger partial charge in [0.1, 0.15) is 35.4 Å². The Hall–Kier alpha value is -6.71. The first kappa shape index (κ1) is 39.0. The number of anilines is 1. The molecule has 6 aromatic rings. The molecular formula is C38H29F3N6O7S2. The smallest absolute Gasteiger partial charge is 0.416 e. The fourth-order valence-corrected chi connectivity index (χ4v) is 7.73. The molecule has 13 nitrogen and oxygen atoms in total. The summed E-state index contributed by atoms with van der Waals surface area (Å²) in [6, 6.07) is 23.2. The van der Waals surface area contributed by atoms with Crippen LogP contribution in [-0.2, 0) is 29.3 Å². The van der Waals surface area contributed by atoms with Crippen molar-refractivity contribution in [1.29, 1.82) is 5.26 Å². The van der Waals surface area contributed by atoms with Crippen LogP contribution < -0.4 is 23.8 Å². The summed E-state index contributed by atoms with van der Waals surface area (Å²) in [5.74, 6) is 0.988. The fraction of sp³-hybridized carbons (Fsp3) is 0.132. The van der Waals surface area contributed by atoms with Crippen LogP contribution in [0.1, 0.15) is 22.4 Å². The first-order valence-electron chi connectivity index (χ1n) is 16.3. The Kier molecular flexibility index (Phi) is 11.4. The van der Waals surface area contributed by atoms with Crippen LogP contribution in [0.5, 0.6) is 23.0 Å². The Morgan fingerprint density at radius 2 is 1.70 bits per heavy atom. The van der Waals surface area contributed by atoms with E-state index in [1.54, 1.807) is 42.5 Å². The van der Waals surface area contributed by atoms with E-state index >= 15 is 0 Å². The average molecular weight is 803 g/mol. The molecule has 0 aliphatic heterocycles. The van der Waals surface area contributed by atoms with E-state index in [0.717, 1.165) is 34.0 Å². The number of benzene rings is 4. The van der Waals surface area contributed by atoms with Gasteiger partial charge in [0, 0.05) is 34.9 Å². The van der Waals surface area contributed by atoms with Crippen molar-refractivity contribution in [3.8, 4) is 51.3 Å². The maximum absolute atomic E-state index is 14.3. The van der Waals surface area contributed by atoms with E-state index in [4.69, 9.17) is 19.3 Å². The lowest BCUT2D eigenvalue weighted by Crippen LogP contribution is -2.30. The first-order chi connectivity index (χ1) is 26.8. The van der Waals surface area contributed by atoms with Gasteiger partial charge in [0.05, 0.1) is 49.0 Å². The van der Waals surface area contributed by atoms with Gasteiger partial charge < -0.3 is 24.6 Å². The molecule has 56 heavy (non-hydrogen) atoms. The van der Waals surface area contributed by atoms with Gasteiger partial charge in [-0.3, -0.25) is 4.98 Å². The summed E-state index contributed by atoms with van der Waals surface area (Å²) in [5.41, 5.74) is 1.30. The number of sulfonamides is 1. The minimum absolute atomic E-state index is 0.0272. The second kappa shape index (κ2) is 16.3. The molecule has 2 N–H and O–H groups in total. The van der Waals surface area contributed by atoms with Crippen molar-refractivity contribution in [3.05, 3.63) is 126 Å². The zero-order valence-electron chi connectivity index (χ0n) is 29.3. The maximum Gasteiger partial charge on any atom is 0.416 e. The number of hydrogen-bond donors (Lipinski definition) is 2. The Labute approximate surface area is 322 Å². The van der Waals surface area contributed by atoms with Gasteiger partial charge in [-0.15, -0.1) is 0 Å². The number of halogens is 3. The van der Waals surface area contributed by atoms with Crippen LogP contribution in [0.25, 0.3) is 22.3 Å². The standard InChI is InChI=1S/C38H29F3N6O7S2/c1-52-30-8-6-26(35(18-30)53-2)21-47(36-45-22-46-55-36)56(50,51)31-9-11-33(27(16-31)19-42)54-34-10-7-24(23-4-3-5-28(14-23)38(39,40)41)17-32(34)25-12-13-43-29(15-25)20-44-37(48)49/h3-18,22,44H,20-21H2,1-2H3,(H,48,49). The summed E-state index contributed by atoms with van der Waals surface area (Å²) < 4.78 is 91.3. The van der Waals surface area contributed by atoms with Gasteiger partial charge >= 0.3 is 12.3 Å². The van der Waals surface area contributed by atoms with Crippen molar-refractivity contribution < 1.29 is 45.7 Å². The highest BCUT2D eigenvalue weighted by Gasteiger charge is 2.31. The second-order valence-electron chi connectivity index (χ2n) is 11.8. The van der Waals surface area contributed by atoms with Crippen LogP contribution in [0.4, 0.5) is 23.1 Å². The molecule has 18 heteroatoms. The fourth-order valence-electron chi connectivity index (χ4n) is 5.57. The number of alkyl halides is 3. The first-order valence-corrected chi connectivity index (χ1v) is 18.5. The zero-order chi connectivity index (χ0) is 40.0. The number of pyridine rings is 1. The van der Waals surface area contributed by atoms with E-state index < -0.39 is 27.9 Å². The largest absolute Gasteiger partial charge is 0.497 e. The van der Waals surface area contributed by atoms with Gasteiger partial charge in [-0.25, -0.2) is 22.5 Å². The number of hydrogen-bond acceptors (Lipinski definition) is 11. The molecule has 1 amide bonds. The predicted octanol–water partition coefficient (Wildman–Crippen LogP) is 8.13. The van der Waals surface area contributed by atoms with Crippen molar-refractivity contribution in [2.24, 2.45) is 0 Å². The van der Waals surface area contributed by atoms with Gasteiger partial charge in [0.25, 0.3) is 10.0 Å². The molecule has 4 aromatic carbocycles. The third-order valence-corrected chi connectivity index (χ3v) is 10.8. The third-order valence-electron chi connectivity index (χ3n) is 8.30. The number of carbonyl (C=O) groups is 1. The van der Waals surface area contributed by atoms with E-state index in [-0.39, 0.29) is 45.7 Å². The van der Waals surface area contributed by atoms with Gasteiger partial charge in [-0.1, -0.05) is 18.2 Å². The maximum atomic E-state index is 14.3. The van der Waals surface area contributed by atoms with Crippen LogP contribution in [0, 0.1) is 11.3 Å². The lowest BCUT2D eigenvalue weighted by atomic mass is 9.97. The van der Waals surface area contributed by atoms with Crippen LogP contribution in [0.3, 0.4) is 0 Å². The quantitative estimate of drug-likeness (QED) is 0.115.